The topological polar surface area (TPSA) is 143 Å². The Labute approximate surface area is 203 Å². The fourth-order valence-electron chi connectivity index (χ4n) is 3.69. The maximum Gasteiger partial charge on any atom is 0.459 e. The summed E-state index contributed by atoms with van der Waals surface area (Å²) in [5.74, 6) is -0.0651. The summed E-state index contributed by atoms with van der Waals surface area (Å²) >= 11 is 0. The fraction of sp³-hybridized carbons (Fsp3) is 0.391. The minimum atomic E-state index is -3.91. The van der Waals surface area contributed by atoms with Crippen LogP contribution in [0.4, 0.5) is 5.95 Å². The SMILES string of the molecule is CC(C)OC(=O)[C@H](C)N[P@](=O)(OC[C@@H]1C=C[C@H](n2cnc3cnc(N)nc32)C1)Oc1ccccc1. The lowest BCUT2D eigenvalue weighted by atomic mass is 10.1. The number of nitrogen functional groups attached to an aromatic ring is 1. The highest BCUT2D eigenvalue weighted by Gasteiger charge is 2.34. The van der Waals surface area contributed by atoms with Gasteiger partial charge in [0.05, 0.1) is 31.3 Å². The third-order valence-electron chi connectivity index (χ3n) is 5.33. The molecular formula is C23H29N6O5P. The maximum absolute atomic E-state index is 13.6. The van der Waals surface area contributed by atoms with Crippen LogP contribution in [0.5, 0.6) is 5.75 Å². The maximum atomic E-state index is 13.6. The number of benzene rings is 1. The molecule has 35 heavy (non-hydrogen) atoms. The van der Waals surface area contributed by atoms with Crippen molar-refractivity contribution in [3.05, 3.63) is 55.0 Å². The van der Waals surface area contributed by atoms with Gasteiger partial charge in [-0.2, -0.15) is 10.1 Å². The van der Waals surface area contributed by atoms with Crippen molar-refractivity contribution in [2.75, 3.05) is 12.3 Å². The molecule has 0 amide bonds. The summed E-state index contributed by atoms with van der Waals surface area (Å²) in [4.78, 5) is 24.9. The molecule has 0 saturated heterocycles. The van der Waals surface area contributed by atoms with Gasteiger partial charge in [0.1, 0.15) is 17.3 Å². The Morgan fingerprint density at radius 3 is 2.74 bits per heavy atom. The van der Waals surface area contributed by atoms with Gasteiger partial charge >= 0.3 is 13.7 Å². The van der Waals surface area contributed by atoms with E-state index in [0.29, 0.717) is 23.3 Å². The first-order valence-corrected chi connectivity index (χ1v) is 12.9. The van der Waals surface area contributed by atoms with Gasteiger partial charge in [-0.05, 0) is 39.3 Å². The molecule has 0 aliphatic heterocycles. The van der Waals surface area contributed by atoms with Crippen molar-refractivity contribution >= 4 is 30.8 Å². The number of nitrogens with zero attached hydrogens (tertiary/aromatic N) is 4. The fourth-order valence-corrected chi connectivity index (χ4v) is 5.24. The number of esters is 1. The third-order valence-corrected chi connectivity index (χ3v) is 6.97. The predicted octanol–water partition coefficient (Wildman–Crippen LogP) is 3.66. The molecule has 3 N–H and O–H groups in total. The van der Waals surface area contributed by atoms with Crippen LogP contribution in [0.15, 0.2) is 55.0 Å². The van der Waals surface area contributed by atoms with Crippen LogP contribution in [-0.4, -0.2) is 44.2 Å². The highest BCUT2D eigenvalue weighted by atomic mass is 31.2. The third kappa shape index (κ3) is 6.25. The monoisotopic (exact) mass is 500 g/mol. The molecule has 0 spiro atoms. The molecule has 1 aromatic carbocycles. The van der Waals surface area contributed by atoms with E-state index in [4.69, 9.17) is 19.5 Å². The molecule has 11 nitrogen and oxygen atoms in total. The molecule has 4 rings (SSSR count). The number of rotatable bonds is 10. The Kier molecular flexibility index (Phi) is 7.49. The van der Waals surface area contributed by atoms with E-state index in [9.17, 15) is 9.36 Å². The Hall–Kier alpha value is -3.27. The first-order valence-electron chi connectivity index (χ1n) is 11.3. The van der Waals surface area contributed by atoms with Gasteiger partial charge in [0, 0.05) is 5.92 Å². The quantitative estimate of drug-likeness (QED) is 0.240. The highest BCUT2D eigenvalue weighted by Crippen LogP contribution is 2.46. The second-order valence-corrected chi connectivity index (χ2v) is 10.3. The molecule has 186 valence electrons. The number of hydrogen-bond acceptors (Lipinski definition) is 9. The minimum absolute atomic E-state index is 0.0229. The number of nitrogens with one attached hydrogen (secondary N) is 1. The number of para-hydroxylation sites is 1. The molecule has 12 heteroatoms. The van der Waals surface area contributed by atoms with Gasteiger partial charge in [-0.15, -0.1) is 0 Å². The van der Waals surface area contributed by atoms with E-state index in [1.807, 2.05) is 22.8 Å². The molecule has 1 aliphatic carbocycles. The van der Waals surface area contributed by atoms with E-state index in [0.717, 1.165) is 0 Å². The summed E-state index contributed by atoms with van der Waals surface area (Å²) in [7, 11) is -3.91. The van der Waals surface area contributed by atoms with E-state index in [1.54, 1.807) is 57.6 Å². The van der Waals surface area contributed by atoms with Gasteiger partial charge in [-0.3, -0.25) is 9.32 Å². The van der Waals surface area contributed by atoms with Crippen molar-refractivity contribution < 1.29 is 23.1 Å². The number of ether oxygens (including phenoxy) is 1. The number of imidazole rings is 1. The number of fused-ring (bicyclic) bond motifs is 1. The molecule has 3 aromatic rings. The second kappa shape index (κ2) is 10.6. The summed E-state index contributed by atoms with van der Waals surface area (Å²) in [6.07, 6.45) is 7.66. The van der Waals surface area contributed by atoms with Crippen LogP contribution in [0.3, 0.4) is 0 Å². The lowest BCUT2D eigenvalue weighted by Gasteiger charge is -2.24. The van der Waals surface area contributed by atoms with Gasteiger partial charge in [0.15, 0.2) is 5.65 Å². The molecule has 4 atom stereocenters. The average Bonchev–Trinajstić information content (AvgIpc) is 3.44. The lowest BCUT2D eigenvalue weighted by Crippen LogP contribution is -2.36. The van der Waals surface area contributed by atoms with E-state index < -0.39 is 19.8 Å². The van der Waals surface area contributed by atoms with Crippen molar-refractivity contribution in [3.8, 4) is 5.75 Å². The number of anilines is 1. The molecule has 2 aromatic heterocycles. The molecule has 0 bridgehead atoms. The van der Waals surface area contributed by atoms with Crippen molar-refractivity contribution in [1.29, 1.82) is 0 Å². The summed E-state index contributed by atoms with van der Waals surface area (Å²) in [6, 6.07) is 7.73. The number of carbonyl (C=O) groups excluding carboxylic acids is 1. The molecule has 0 unspecified atom stereocenters. The van der Waals surface area contributed by atoms with E-state index in [2.05, 4.69) is 20.0 Å². The highest BCUT2D eigenvalue weighted by molar-refractivity contribution is 7.52. The van der Waals surface area contributed by atoms with Crippen LogP contribution >= 0.6 is 7.75 Å². The van der Waals surface area contributed by atoms with Gasteiger partial charge in [-0.1, -0.05) is 30.4 Å². The summed E-state index contributed by atoms with van der Waals surface area (Å²) in [5.41, 5.74) is 7.03. The van der Waals surface area contributed by atoms with Crippen LogP contribution in [-0.2, 0) is 18.6 Å². The van der Waals surface area contributed by atoms with Crippen LogP contribution < -0.4 is 15.3 Å². The van der Waals surface area contributed by atoms with Gasteiger partial charge < -0.3 is 19.6 Å². The smallest absolute Gasteiger partial charge is 0.459 e. The largest absolute Gasteiger partial charge is 0.462 e. The summed E-state index contributed by atoms with van der Waals surface area (Å²) in [5, 5.41) is 2.71. The minimum Gasteiger partial charge on any atom is -0.462 e. The van der Waals surface area contributed by atoms with E-state index >= 15 is 0 Å². The van der Waals surface area contributed by atoms with Crippen molar-refractivity contribution in [2.24, 2.45) is 5.92 Å². The molecule has 2 heterocycles. The molecule has 0 fully saturated rings. The van der Waals surface area contributed by atoms with Gasteiger partial charge in [0.25, 0.3) is 0 Å². The van der Waals surface area contributed by atoms with Crippen molar-refractivity contribution in [3.63, 3.8) is 0 Å². The van der Waals surface area contributed by atoms with E-state index in [-0.39, 0.29) is 30.6 Å². The van der Waals surface area contributed by atoms with Crippen LogP contribution in [0.2, 0.25) is 0 Å². The number of nitrogens with two attached hydrogens (primary N) is 1. The predicted molar refractivity (Wildman–Crippen MR) is 130 cm³/mol. The number of aromatic nitrogens is 4. The molecule has 0 radical (unpaired) electrons. The number of allylic oxidation sites excluding steroid dienone is 1. The summed E-state index contributed by atoms with van der Waals surface area (Å²) < 4.78 is 32.3. The van der Waals surface area contributed by atoms with E-state index in [1.165, 1.54) is 0 Å². The van der Waals surface area contributed by atoms with Crippen LogP contribution in [0.1, 0.15) is 33.2 Å². The Morgan fingerprint density at radius 2 is 2.00 bits per heavy atom. The zero-order valence-corrected chi connectivity index (χ0v) is 20.7. The Bertz CT molecular complexity index is 1250. The number of hydrogen-bond donors (Lipinski definition) is 2. The normalized spacial score (nSPS) is 20.1. The average molecular weight is 500 g/mol. The lowest BCUT2D eigenvalue weighted by molar-refractivity contribution is -0.149. The zero-order chi connectivity index (χ0) is 25.0. The standard InChI is InChI=1S/C23H29N6O5P/c1-15(2)33-22(30)16(3)28-35(31,34-19-7-5-4-6-8-19)32-13-17-9-10-18(11-17)29-14-26-20-12-25-23(24)27-21(20)29/h4-10,12,14-18H,11,13H2,1-3H3,(H,28,31)(H2,24,25,27)/t16-,17+,18-,35-/m0/s1. The molecule has 1 aliphatic rings. The van der Waals surface area contributed by atoms with Crippen molar-refractivity contribution in [1.82, 2.24) is 24.6 Å². The van der Waals surface area contributed by atoms with Gasteiger partial charge in [0.2, 0.25) is 5.95 Å². The zero-order valence-electron chi connectivity index (χ0n) is 19.8. The van der Waals surface area contributed by atoms with Crippen LogP contribution in [0.25, 0.3) is 11.2 Å². The molecule has 0 saturated carbocycles. The van der Waals surface area contributed by atoms with Gasteiger partial charge in [-0.25, -0.2) is 14.5 Å². The number of carbonyl (C=O) groups is 1. The van der Waals surface area contributed by atoms with Crippen LogP contribution in [0, 0.1) is 5.92 Å². The Morgan fingerprint density at radius 1 is 1.23 bits per heavy atom. The first kappa shape index (κ1) is 24.8. The molecular weight excluding hydrogens is 471 g/mol. The van der Waals surface area contributed by atoms with Crippen molar-refractivity contribution in [2.45, 2.75) is 45.4 Å². The Balaban J connectivity index is 1.43. The summed E-state index contributed by atoms with van der Waals surface area (Å²) in [6.45, 7) is 5.15. The first-order chi connectivity index (χ1) is 16.7. The second-order valence-electron chi connectivity index (χ2n) is 8.57.